The smallest absolute Gasteiger partial charge is 0.333 e. The van der Waals surface area contributed by atoms with Crippen LogP contribution >= 0.6 is 15.9 Å². The maximum atomic E-state index is 12.0. The van der Waals surface area contributed by atoms with Crippen LogP contribution in [0.1, 0.15) is 31.5 Å². The van der Waals surface area contributed by atoms with Gasteiger partial charge in [0, 0.05) is 28.0 Å². The summed E-state index contributed by atoms with van der Waals surface area (Å²) in [6, 6.07) is 7.28. The summed E-state index contributed by atoms with van der Waals surface area (Å²) in [5.41, 5.74) is 1.60. The number of ether oxygens (including phenoxy) is 1. The summed E-state index contributed by atoms with van der Waals surface area (Å²) in [6.45, 7) is 4.07. The first-order valence-electron chi connectivity index (χ1n) is 6.65. The number of benzene rings is 1. The number of hydrogen-bond donors (Lipinski definition) is 1. The molecule has 1 unspecified atom stereocenters. The zero-order chi connectivity index (χ0) is 15.4. The first-order valence-corrected chi connectivity index (χ1v) is 7.44. The maximum absolute atomic E-state index is 12.0. The first kappa shape index (κ1) is 15.6. The zero-order valence-electron chi connectivity index (χ0n) is 12.2. The molecule has 1 N–H and O–H groups in total. The Morgan fingerprint density at radius 3 is 2.76 bits per heavy atom. The topological polar surface area (TPSA) is 56.1 Å². The molecule has 5 nitrogen and oxygen atoms in total. The van der Waals surface area contributed by atoms with Crippen molar-refractivity contribution in [3.05, 3.63) is 46.7 Å². The first-order chi connectivity index (χ1) is 10.0. The Labute approximate surface area is 132 Å². The molecule has 0 radical (unpaired) electrons. The number of anilines is 1. The summed E-state index contributed by atoms with van der Waals surface area (Å²) >= 11 is 3.41. The summed E-state index contributed by atoms with van der Waals surface area (Å²) in [7, 11) is 1.38. The second-order valence-corrected chi connectivity index (χ2v) is 5.87. The average Bonchev–Trinajstić information content (AvgIpc) is 2.94. The highest BCUT2D eigenvalue weighted by Crippen LogP contribution is 2.23. The minimum absolute atomic E-state index is 0.239. The quantitative estimate of drug-likeness (QED) is 0.836. The van der Waals surface area contributed by atoms with E-state index in [1.54, 1.807) is 6.20 Å². The highest BCUT2D eigenvalue weighted by molar-refractivity contribution is 9.10. The molecular formula is C15H18BrN3O2. The molecule has 0 aliphatic rings. The van der Waals surface area contributed by atoms with Crippen molar-refractivity contribution < 1.29 is 9.53 Å². The Morgan fingerprint density at radius 2 is 2.19 bits per heavy atom. The Morgan fingerprint density at radius 1 is 1.43 bits per heavy atom. The lowest BCUT2D eigenvalue weighted by molar-refractivity contribution is -0.141. The highest BCUT2D eigenvalue weighted by atomic mass is 79.9. The summed E-state index contributed by atoms with van der Waals surface area (Å²) in [5, 5.41) is 7.45. The van der Waals surface area contributed by atoms with Crippen LogP contribution in [-0.2, 0) is 9.53 Å². The van der Waals surface area contributed by atoms with Crippen molar-refractivity contribution >= 4 is 27.6 Å². The zero-order valence-corrected chi connectivity index (χ0v) is 13.8. The van der Waals surface area contributed by atoms with Crippen LogP contribution in [-0.4, -0.2) is 22.9 Å². The highest BCUT2D eigenvalue weighted by Gasteiger charge is 2.23. The Balaban J connectivity index is 2.27. The molecule has 0 aliphatic carbocycles. The Kier molecular flexibility index (Phi) is 5.01. The summed E-state index contributed by atoms with van der Waals surface area (Å²) in [6.07, 6.45) is 3.55. The fraction of sp³-hybridized carbons (Fsp3) is 0.333. The molecule has 2 rings (SSSR count). The van der Waals surface area contributed by atoms with Gasteiger partial charge in [0.15, 0.2) is 6.04 Å². The van der Waals surface area contributed by atoms with E-state index in [1.807, 2.05) is 49.0 Å². The van der Waals surface area contributed by atoms with Crippen LogP contribution in [0.2, 0.25) is 0 Å². The second kappa shape index (κ2) is 6.76. The van der Waals surface area contributed by atoms with Gasteiger partial charge in [-0.3, -0.25) is 4.68 Å². The van der Waals surface area contributed by atoms with E-state index in [1.165, 1.54) is 7.11 Å². The third kappa shape index (κ3) is 3.85. The minimum atomic E-state index is -0.586. The van der Waals surface area contributed by atoms with Gasteiger partial charge in [-0.2, -0.15) is 5.10 Å². The molecule has 0 saturated heterocycles. The van der Waals surface area contributed by atoms with E-state index in [0.717, 1.165) is 15.7 Å². The molecule has 1 atom stereocenters. The Bertz CT molecular complexity index is 625. The van der Waals surface area contributed by atoms with Gasteiger partial charge in [-0.05, 0) is 32.0 Å². The fourth-order valence-corrected chi connectivity index (χ4v) is 2.32. The van der Waals surface area contributed by atoms with Gasteiger partial charge in [0.2, 0.25) is 0 Å². The third-order valence-electron chi connectivity index (χ3n) is 3.06. The van der Waals surface area contributed by atoms with Crippen LogP contribution in [0.4, 0.5) is 5.69 Å². The fourth-order valence-electron chi connectivity index (χ4n) is 1.93. The van der Waals surface area contributed by atoms with Crippen LogP contribution in [0.25, 0.3) is 0 Å². The van der Waals surface area contributed by atoms with E-state index in [9.17, 15) is 4.79 Å². The van der Waals surface area contributed by atoms with Crippen molar-refractivity contribution in [1.82, 2.24) is 9.78 Å². The molecule has 0 amide bonds. The average molecular weight is 352 g/mol. The van der Waals surface area contributed by atoms with Crippen molar-refractivity contribution in [2.75, 3.05) is 12.4 Å². The van der Waals surface area contributed by atoms with E-state index in [2.05, 4.69) is 26.3 Å². The van der Waals surface area contributed by atoms with E-state index in [-0.39, 0.29) is 12.0 Å². The van der Waals surface area contributed by atoms with Crippen LogP contribution in [0.3, 0.4) is 0 Å². The van der Waals surface area contributed by atoms with Crippen LogP contribution < -0.4 is 5.32 Å². The molecule has 1 heterocycles. The number of rotatable bonds is 5. The van der Waals surface area contributed by atoms with E-state index >= 15 is 0 Å². The summed E-state index contributed by atoms with van der Waals surface area (Å²) in [4.78, 5) is 12.0. The number of aromatic nitrogens is 2. The molecule has 112 valence electrons. The van der Waals surface area contributed by atoms with Crippen LogP contribution in [0.5, 0.6) is 0 Å². The predicted molar refractivity (Wildman–Crippen MR) is 85.1 cm³/mol. The monoisotopic (exact) mass is 351 g/mol. The number of carbonyl (C=O) groups excluding carboxylic acids is 1. The van der Waals surface area contributed by atoms with E-state index < -0.39 is 6.04 Å². The van der Waals surface area contributed by atoms with Gasteiger partial charge < -0.3 is 10.1 Å². The standard InChI is InChI=1S/C15H18BrN3O2/c1-10(2)19-9-11(8-17-19)14(15(20)21-3)18-13-6-4-5-12(16)7-13/h4-10,14,18H,1-3H3. The van der Waals surface area contributed by atoms with Gasteiger partial charge in [-0.25, -0.2) is 4.79 Å². The van der Waals surface area contributed by atoms with Crippen molar-refractivity contribution in [3.8, 4) is 0 Å². The molecule has 0 bridgehead atoms. The van der Waals surface area contributed by atoms with Crippen molar-refractivity contribution in [2.24, 2.45) is 0 Å². The number of hydrogen-bond acceptors (Lipinski definition) is 4. The molecule has 1 aromatic heterocycles. The lowest BCUT2D eigenvalue weighted by Gasteiger charge is -2.16. The number of esters is 1. The van der Waals surface area contributed by atoms with Gasteiger partial charge in [-0.15, -0.1) is 0 Å². The van der Waals surface area contributed by atoms with Gasteiger partial charge in [-0.1, -0.05) is 22.0 Å². The minimum Gasteiger partial charge on any atom is -0.467 e. The van der Waals surface area contributed by atoms with Crippen LogP contribution in [0, 0.1) is 0 Å². The van der Waals surface area contributed by atoms with Crippen molar-refractivity contribution in [1.29, 1.82) is 0 Å². The van der Waals surface area contributed by atoms with Crippen molar-refractivity contribution in [3.63, 3.8) is 0 Å². The SMILES string of the molecule is COC(=O)C(Nc1cccc(Br)c1)c1cnn(C(C)C)c1. The summed E-state index contributed by atoms with van der Waals surface area (Å²) in [5.74, 6) is -0.349. The molecule has 21 heavy (non-hydrogen) atoms. The maximum Gasteiger partial charge on any atom is 0.333 e. The van der Waals surface area contributed by atoms with Gasteiger partial charge >= 0.3 is 5.97 Å². The van der Waals surface area contributed by atoms with E-state index in [4.69, 9.17) is 4.74 Å². The van der Waals surface area contributed by atoms with Crippen LogP contribution in [0.15, 0.2) is 41.1 Å². The lowest BCUT2D eigenvalue weighted by Crippen LogP contribution is -2.22. The molecule has 0 spiro atoms. The largest absolute Gasteiger partial charge is 0.467 e. The number of methoxy groups -OCH3 is 1. The molecule has 6 heteroatoms. The van der Waals surface area contributed by atoms with Gasteiger partial charge in [0.25, 0.3) is 0 Å². The number of carbonyl (C=O) groups is 1. The van der Waals surface area contributed by atoms with Gasteiger partial charge in [0.05, 0.1) is 13.3 Å². The molecular weight excluding hydrogens is 334 g/mol. The molecule has 0 aliphatic heterocycles. The molecule has 0 saturated carbocycles. The number of nitrogens with zero attached hydrogens (tertiary/aromatic N) is 2. The second-order valence-electron chi connectivity index (χ2n) is 4.96. The van der Waals surface area contributed by atoms with Crippen molar-refractivity contribution in [2.45, 2.75) is 25.9 Å². The lowest BCUT2D eigenvalue weighted by atomic mass is 10.1. The third-order valence-corrected chi connectivity index (χ3v) is 3.55. The van der Waals surface area contributed by atoms with Gasteiger partial charge in [0.1, 0.15) is 0 Å². The predicted octanol–water partition coefficient (Wildman–Crippen LogP) is 3.55. The normalized spacial score (nSPS) is 12.2. The number of nitrogens with one attached hydrogen (secondary N) is 1. The molecule has 2 aromatic rings. The Hall–Kier alpha value is -1.82. The molecule has 0 fully saturated rings. The molecule has 1 aromatic carbocycles. The van der Waals surface area contributed by atoms with E-state index in [0.29, 0.717) is 0 Å². The summed E-state index contributed by atoms with van der Waals surface area (Å²) < 4.78 is 7.64. The number of halogens is 1.